The summed E-state index contributed by atoms with van der Waals surface area (Å²) in [6, 6.07) is 7.76. The van der Waals surface area contributed by atoms with Gasteiger partial charge in [-0.15, -0.1) is 0 Å². The lowest BCUT2D eigenvalue weighted by Crippen LogP contribution is -2.47. The van der Waals surface area contributed by atoms with Gasteiger partial charge >= 0.3 is 6.03 Å². The predicted molar refractivity (Wildman–Crippen MR) is 93.9 cm³/mol. The molecule has 24 heavy (non-hydrogen) atoms. The first-order valence-electron chi connectivity index (χ1n) is 8.73. The van der Waals surface area contributed by atoms with Crippen molar-refractivity contribution < 1.29 is 9.90 Å². The van der Waals surface area contributed by atoms with Crippen LogP contribution in [-0.2, 0) is 6.54 Å². The summed E-state index contributed by atoms with van der Waals surface area (Å²) in [5, 5.41) is 16.1. The van der Waals surface area contributed by atoms with Gasteiger partial charge in [0.2, 0.25) is 0 Å². The van der Waals surface area contributed by atoms with Gasteiger partial charge in [0.1, 0.15) is 5.82 Å². The largest absolute Gasteiger partial charge is 0.388 e. The molecule has 130 valence electrons. The van der Waals surface area contributed by atoms with Crippen LogP contribution in [0, 0.1) is 6.92 Å². The van der Waals surface area contributed by atoms with Crippen molar-refractivity contribution in [2.24, 2.45) is 0 Å². The number of imidazole rings is 1. The van der Waals surface area contributed by atoms with Crippen LogP contribution in [0.4, 0.5) is 4.79 Å². The second-order valence-corrected chi connectivity index (χ2v) is 6.69. The van der Waals surface area contributed by atoms with Crippen molar-refractivity contribution in [3.8, 4) is 0 Å². The zero-order valence-corrected chi connectivity index (χ0v) is 14.2. The number of carbonyl (C=O) groups excluding carboxylic acids is 1. The maximum atomic E-state index is 11.9. The van der Waals surface area contributed by atoms with Crippen molar-refractivity contribution in [2.75, 3.05) is 13.1 Å². The quantitative estimate of drug-likeness (QED) is 0.787. The van der Waals surface area contributed by atoms with E-state index in [9.17, 15) is 9.90 Å². The molecule has 1 saturated carbocycles. The number of rotatable bonds is 5. The van der Waals surface area contributed by atoms with Gasteiger partial charge in [0.25, 0.3) is 0 Å². The fourth-order valence-electron chi connectivity index (χ4n) is 3.45. The van der Waals surface area contributed by atoms with Crippen molar-refractivity contribution in [1.82, 2.24) is 20.2 Å². The average molecular weight is 330 g/mol. The lowest BCUT2D eigenvalue weighted by Gasteiger charge is -2.32. The fraction of sp³-hybridized carbons (Fsp3) is 0.556. The van der Waals surface area contributed by atoms with Crippen LogP contribution in [-0.4, -0.2) is 39.4 Å². The van der Waals surface area contributed by atoms with E-state index in [-0.39, 0.29) is 6.03 Å². The first-order valence-corrected chi connectivity index (χ1v) is 8.73. The van der Waals surface area contributed by atoms with Gasteiger partial charge in [0.15, 0.2) is 0 Å². The molecule has 0 aliphatic heterocycles. The van der Waals surface area contributed by atoms with E-state index in [0.717, 1.165) is 42.5 Å². The molecule has 1 aromatic carbocycles. The summed E-state index contributed by atoms with van der Waals surface area (Å²) in [5.41, 5.74) is 1.32. The smallest absolute Gasteiger partial charge is 0.314 e. The Morgan fingerprint density at radius 1 is 1.25 bits per heavy atom. The molecule has 3 rings (SSSR count). The van der Waals surface area contributed by atoms with E-state index in [4.69, 9.17) is 0 Å². The Balaban J connectivity index is 1.47. The Hall–Kier alpha value is -2.08. The lowest BCUT2D eigenvalue weighted by molar-refractivity contribution is 0.00720. The molecule has 6 nitrogen and oxygen atoms in total. The van der Waals surface area contributed by atoms with Crippen molar-refractivity contribution in [2.45, 2.75) is 51.2 Å². The molecule has 0 atom stereocenters. The molecule has 0 spiro atoms. The first-order chi connectivity index (χ1) is 11.6. The number of fused-ring (bicyclic) bond motifs is 1. The number of amides is 2. The number of nitrogens with zero attached hydrogens (tertiary/aromatic N) is 2. The molecule has 1 aliphatic rings. The summed E-state index contributed by atoms with van der Waals surface area (Å²) in [6.07, 6.45) is 4.79. The third kappa shape index (κ3) is 3.87. The molecule has 1 heterocycles. The number of aryl methyl sites for hydroxylation is 1. The van der Waals surface area contributed by atoms with Gasteiger partial charge in [-0.25, -0.2) is 9.78 Å². The molecule has 0 bridgehead atoms. The molecule has 0 saturated heterocycles. The van der Waals surface area contributed by atoms with Gasteiger partial charge in [-0.05, 0) is 31.9 Å². The molecular formula is C18H26N4O2. The van der Waals surface area contributed by atoms with E-state index in [1.807, 2.05) is 31.2 Å². The lowest BCUT2D eigenvalue weighted by atomic mass is 9.85. The van der Waals surface area contributed by atoms with Gasteiger partial charge < -0.3 is 20.3 Å². The van der Waals surface area contributed by atoms with Crippen LogP contribution in [0.1, 0.15) is 37.9 Å². The molecule has 2 aromatic rings. The number of nitrogens with one attached hydrogen (secondary N) is 2. The van der Waals surface area contributed by atoms with Crippen molar-refractivity contribution in [3.63, 3.8) is 0 Å². The maximum absolute atomic E-state index is 11.9. The average Bonchev–Trinajstić information content (AvgIpc) is 2.90. The van der Waals surface area contributed by atoms with E-state index < -0.39 is 5.60 Å². The molecular weight excluding hydrogens is 304 g/mol. The Morgan fingerprint density at radius 3 is 2.79 bits per heavy atom. The zero-order valence-electron chi connectivity index (χ0n) is 14.2. The summed E-state index contributed by atoms with van der Waals surface area (Å²) in [4.78, 5) is 16.5. The van der Waals surface area contributed by atoms with Crippen molar-refractivity contribution in [3.05, 3.63) is 30.1 Å². The monoisotopic (exact) mass is 330 g/mol. The van der Waals surface area contributed by atoms with Gasteiger partial charge in [-0.3, -0.25) is 0 Å². The van der Waals surface area contributed by atoms with Crippen LogP contribution in [0.25, 0.3) is 11.0 Å². The van der Waals surface area contributed by atoms with E-state index in [0.29, 0.717) is 19.6 Å². The highest BCUT2D eigenvalue weighted by Crippen LogP contribution is 2.27. The SMILES string of the molecule is Cc1nc2ccccc2n1CCNC(=O)NCC1(O)CCCCC1. The van der Waals surface area contributed by atoms with E-state index in [1.54, 1.807) is 0 Å². The molecule has 1 aromatic heterocycles. The summed E-state index contributed by atoms with van der Waals surface area (Å²) >= 11 is 0. The van der Waals surface area contributed by atoms with E-state index in [2.05, 4.69) is 20.2 Å². The number of hydrogen-bond acceptors (Lipinski definition) is 3. The molecule has 3 N–H and O–H groups in total. The van der Waals surface area contributed by atoms with E-state index in [1.165, 1.54) is 6.42 Å². The number of benzene rings is 1. The van der Waals surface area contributed by atoms with Gasteiger partial charge in [-0.1, -0.05) is 31.4 Å². The molecule has 1 fully saturated rings. The summed E-state index contributed by atoms with van der Waals surface area (Å²) < 4.78 is 2.10. The van der Waals surface area contributed by atoms with Gasteiger partial charge in [-0.2, -0.15) is 0 Å². The molecule has 0 unspecified atom stereocenters. The summed E-state index contributed by atoms with van der Waals surface area (Å²) in [6.45, 7) is 3.49. The van der Waals surface area contributed by atoms with Crippen LogP contribution >= 0.6 is 0 Å². The number of para-hydroxylation sites is 2. The third-order valence-corrected chi connectivity index (χ3v) is 4.83. The number of hydrogen-bond donors (Lipinski definition) is 3. The Bertz CT molecular complexity index is 704. The minimum absolute atomic E-state index is 0.226. The fourth-order valence-corrected chi connectivity index (χ4v) is 3.45. The highest BCUT2D eigenvalue weighted by molar-refractivity contribution is 5.76. The van der Waals surface area contributed by atoms with E-state index >= 15 is 0 Å². The predicted octanol–water partition coefficient (Wildman–Crippen LogP) is 2.34. The molecule has 6 heteroatoms. The van der Waals surface area contributed by atoms with Crippen LogP contribution in [0.2, 0.25) is 0 Å². The minimum Gasteiger partial charge on any atom is -0.388 e. The standard InChI is InChI=1S/C18H26N4O2/c1-14-21-15-7-3-4-8-16(15)22(14)12-11-19-17(23)20-13-18(24)9-5-2-6-10-18/h3-4,7-8,24H,2,5-6,9-13H2,1H3,(H2,19,20,23). The molecule has 0 radical (unpaired) electrons. The maximum Gasteiger partial charge on any atom is 0.314 e. The molecule has 1 aliphatic carbocycles. The highest BCUT2D eigenvalue weighted by Gasteiger charge is 2.29. The number of carbonyl (C=O) groups is 1. The van der Waals surface area contributed by atoms with Gasteiger partial charge in [0, 0.05) is 19.6 Å². The summed E-state index contributed by atoms with van der Waals surface area (Å²) in [7, 11) is 0. The zero-order chi connectivity index (χ0) is 17.0. The Labute approximate surface area is 142 Å². The number of urea groups is 1. The summed E-state index contributed by atoms with van der Waals surface area (Å²) in [5.74, 6) is 0.940. The Kier molecular flexibility index (Phi) is 5.04. The van der Waals surface area contributed by atoms with Crippen LogP contribution in [0.15, 0.2) is 24.3 Å². The third-order valence-electron chi connectivity index (χ3n) is 4.83. The topological polar surface area (TPSA) is 79.2 Å². The second kappa shape index (κ2) is 7.21. The second-order valence-electron chi connectivity index (χ2n) is 6.69. The Morgan fingerprint density at radius 2 is 2.00 bits per heavy atom. The highest BCUT2D eigenvalue weighted by atomic mass is 16.3. The van der Waals surface area contributed by atoms with Crippen molar-refractivity contribution in [1.29, 1.82) is 0 Å². The minimum atomic E-state index is -0.729. The van der Waals surface area contributed by atoms with Gasteiger partial charge in [0.05, 0.1) is 16.6 Å². The normalized spacial score (nSPS) is 16.9. The first kappa shape index (κ1) is 16.8. The molecule has 2 amide bonds. The number of aromatic nitrogens is 2. The van der Waals surface area contributed by atoms with Crippen LogP contribution in [0.5, 0.6) is 0 Å². The van der Waals surface area contributed by atoms with Crippen molar-refractivity contribution >= 4 is 17.1 Å². The van der Waals surface area contributed by atoms with Crippen LogP contribution < -0.4 is 10.6 Å². The number of aliphatic hydroxyl groups is 1. The van der Waals surface area contributed by atoms with Crippen LogP contribution in [0.3, 0.4) is 0 Å².